The summed E-state index contributed by atoms with van der Waals surface area (Å²) in [5.74, 6) is 0.918. The van der Waals surface area contributed by atoms with Crippen LogP contribution in [-0.4, -0.2) is 50.9 Å². The summed E-state index contributed by atoms with van der Waals surface area (Å²) < 4.78 is 11.6. The highest BCUT2D eigenvalue weighted by Crippen LogP contribution is 2.20. The molecule has 1 heterocycles. The van der Waals surface area contributed by atoms with E-state index in [0.29, 0.717) is 12.6 Å². The molecule has 1 aliphatic heterocycles. The molecule has 0 spiro atoms. The topological polar surface area (TPSA) is 33.7 Å². The first-order valence-corrected chi connectivity index (χ1v) is 8.00. The van der Waals surface area contributed by atoms with E-state index in [-0.39, 0.29) is 6.10 Å². The highest BCUT2D eigenvalue weighted by molar-refractivity contribution is 5.29. The molecule has 2 rings (SSSR count). The molecule has 1 aromatic rings. The molecule has 0 amide bonds. The predicted octanol–water partition coefficient (Wildman–Crippen LogP) is 2.46. The van der Waals surface area contributed by atoms with Gasteiger partial charge in [-0.2, -0.15) is 0 Å². The first-order valence-electron chi connectivity index (χ1n) is 8.00. The molecule has 0 aromatic heterocycles. The van der Waals surface area contributed by atoms with Crippen molar-refractivity contribution in [3.8, 4) is 5.75 Å². The zero-order valence-corrected chi connectivity index (χ0v) is 13.5. The molecule has 118 valence electrons. The Balaban J connectivity index is 1.83. The van der Waals surface area contributed by atoms with E-state index < -0.39 is 0 Å². The van der Waals surface area contributed by atoms with Crippen LogP contribution in [0.15, 0.2) is 24.3 Å². The van der Waals surface area contributed by atoms with Crippen LogP contribution < -0.4 is 10.1 Å². The van der Waals surface area contributed by atoms with E-state index in [0.717, 1.165) is 38.4 Å². The van der Waals surface area contributed by atoms with Gasteiger partial charge >= 0.3 is 0 Å². The highest BCUT2D eigenvalue weighted by Gasteiger charge is 2.19. The lowest BCUT2D eigenvalue weighted by Gasteiger charge is -2.31. The standard InChI is InChI=1S/C17H28N2O2/c1-4-17(18-3)14-6-8-15(9-7-14)21-13-16-12-19(5-2)10-11-20-16/h6-9,16-18H,4-5,10-13H2,1-3H3. The molecule has 0 aliphatic carbocycles. The molecule has 1 fully saturated rings. The van der Waals surface area contributed by atoms with Crippen molar-refractivity contribution in [3.63, 3.8) is 0 Å². The zero-order valence-electron chi connectivity index (χ0n) is 13.5. The normalized spacial score (nSPS) is 21.2. The van der Waals surface area contributed by atoms with E-state index in [2.05, 4.69) is 48.3 Å². The van der Waals surface area contributed by atoms with E-state index in [1.54, 1.807) is 0 Å². The molecular formula is C17H28N2O2. The Morgan fingerprint density at radius 1 is 1.33 bits per heavy atom. The third kappa shape index (κ3) is 4.70. The number of benzene rings is 1. The summed E-state index contributed by atoms with van der Waals surface area (Å²) in [6.07, 6.45) is 1.26. The summed E-state index contributed by atoms with van der Waals surface area (Å²) in [4.78, 5) is 2.40. The lowest BCUT2D eigenvalue weighted by atomic mass is 10.0. The van der Waals surface area contributed by atoms with Crippen molar-refractivity contribution >= 4 is 0 Å². The van der Waals surface area contributed by atoms with Crippen LogP contribution >= 0.6 is 0 Å². The maximum Gasteiger partial charge on any atom is 0.119 e. The number of likely N-dealkylation sites (N-methyl/N-ethyl adjacent to an activating group) is 1. The molecule has 1 saturated heterocycles. The van der Waals surface area contributed by atoms with E-state index in [1.165, 1.54) is 5.56 Å². The maximum atomic E-state index is 5.87. The fourth-order valence-electron chi connectivity index (χ4n) is 2.76. The SMILES string of the molecule is CCC(NC)c1ccc(OCC2CN(CC)CCO2)cc1. The first-order chi connectivity index (χ1) is 10.3. The van der Waals surface area contributed by atoms with Crippen LogP contribution in [0.25, 0.3) is 0 Å². The number of nitrogens with zero attached hydrogens (tertiary/aromatic N) is 1. The summed E-state index contributed by atoms with van der Waals surface area (Å²) >= 11 is 0. The number of morpholine rings is 1. The van der Waals surface area contributed by atoms with Crippen LogP contribution in [0.2, 0.25) is 0 Å². The van der Waals surface area contributed by atoms with Crippen LogP contribution in [0, 0.1) is 0 Å². The summed E-state index contributed by atoms with van der Waals surface area (Å²) in [6, 6.07) is 8.80. The highest BCUT2D eigenvalue weighted by atomic mass is 16.5. The Morgan fingerprint density at radius 3 is 2.71 bits per heavy atom. The molecule has 4 nitrogen and oxygen atoms in total. The molecule has 1 aliphatic rings. The predicted molar refractivity (Wildman–Crippen MR) is 85.9 cm³/mol. The second-order valence-corrected chi connectivity index (χ2v) is 5.52. The van der Waals surface area contributed by atoms with E-state index in [4.69, 9.17) is 9.47 Å². The molecule has 1 N–H and O–H groups in total. The van der Waals surface area contributed by atoms with Gasteiger partial charge in [-0.1, -0.05) is 26.0 Å². The van der Waals surface area contributed by atoms with Crippen molar-refractivity contribution < 1.29 is 9.47 Å². The van der Waals surface area contributed by atoms with Gasteiger partial charge in [0.2, 0.25) is 0 Å². The van der Waals surface area contributed by atoms with Crippen LogP contribution in [0.1, 0.15) is 31.9 Å². The van der Waals surface area contributed by atoms with Crippen LogP contribution in [-0.2, 0) is 4.74 Å². The smallest absolute Gasteiger partial charge is 0.119 e. The van der Waals surface area contributed by atoms with E-state index in [1.807, 2.05) is 7.05 Å². The minimum atomic E-state index is 0.180. The maximum absolute atomic E-state index is 5.87. The Labute approximate surface area is 128 Å². The number of nitrogens with one attached hydrogen (secondary N) is 1. The van der Waals surface area contributed by atoms with Crippen molar-refractivity contribution in [2.24, 2.45) is 0 Å². The fourth-order valence-corrected chi connectivity index (χ4v) is 2.76. The van der Waals surface area contributed by atoms with Gasteiger partial charge in [-0.3, -0.25) is 4.90 Å². The number of rotatable bonds is 7. The van der Waals surface area contributed by atoms with Gasteiger partial charge in [0.25, 0.3) is 0 Å². The van der Waals surface area contributed by atoms with Crippen molar-refractivity contribution in [2.45, 2.75) is 32.4 Å². The third-order valence-electron chi connectivity index (χ3n) is 4.15. The molecule has 2 unspecified atom stereocenters. The average Bonchev–Trinajstić information content (AvgIpc) is 2.55. The lowest BCUT2D eigenvalue weighted by molar-refractivity contribution is -0.0464. The van der Waals surface area contributed by atoms with E-state index in [9.17, 15) is 0 Å². The Kier molecular flexibility index (Phi) is 6.49. The van der Waals surface area contributed by atoms with Crippen LogP contribution in [0.5, 0.6) is 5.75 Å². The van der Waals surface area contributed by atoms with Gasteiger partial charge in [-0.05, 0) is 37.7 Å². The summed E-state index contributed by atoms with van der Waals surface area (Å²) in [7, 11) is 2.00. The van der Waals surface area contributed by atoms with Gasteiger partial charge in [0.05, 0.1) is 6.61 Å². The lowest BCUT2D eigenvalue weighted by Crippen LogP contribution is -2.44. The quantitative estimate of drug-likeness (QED) is 0.837. The van der Waals surface area contributed by atoms with Crippen LogP contribution in [0.3, 0.4) is 0 Å². The van der Waals surface area contributed by atoms with Gasteiger partial charge in [0, 0.05) is 19.1 Å². The van der Waals surface area contributed by atoms with E-state index >= 15 is 0 Å². The van der Waals surface area contributed by atoms with Gasteiger partial charge < -0.3 is 14.8 Å². The third-order valence-corrected chi connectivity index (χ3v) is 4.15. The summed E-state index contributed by atoms with van der Waals surface area (Å²) in [6.45, 7) is 8.88. The molecule has 0 radical (unpaired) electrons. The minimum Gasteiger partial charge on any atom is -0.491 e. The monoisotopic (exact) mass is 292 g/mol. The molecule has 4 heteroatoms. The molecule has 0 bridgehead atoms. The van der Waals surface area contributed by atoms with Crippen molar-refractivity contribution in [2.75, 3.05) is 39.9 Å². The second kappa shape index (κ2) is 8.37. The summed E-state index contributed by atoms with van der Waals surface area (Å²) in [5.41, 5.74) is 1.30. The van der Waals surface area contributed by atoms with Crippen molar-refractivity contribution in [3.05, 3.63) is 29.8 Å². The zero-order chi connectivity index (χ0) is 15.1. The number of hydrogen-bond donors (Lipinski definition) is 1. The molecule has 1 aromatic carbocycles. The minimum absolute atomic E-state index is 0.180. The Hall–Kier alpha value is -1.10. The van der Waals surface area contributed by atoms with Gasteiger partial charge in [0.1, 0.15) is 18.5 Å². The summed E-state index contributed by atoms with van der Waals surface area (Å²) in [5, 5.41) is 3.32. The fraction of sp³-hybridized carbons (Fsp3) is 0.647. The van der Waals surface area contributed by atoms with Crippen molar-refractivity contribution in [1.29, 1.82) is 0 Å². The molecule has 0 saturated carbocycles. The average molecular weight is 292 g/mol. The molecule has 21 heavy (non-hydrogen) atoms. The van der Waals surface area contributed by atoms with Crippen molar-refractivity contribution in [1.82, 2.24) is 10.2 Å². The van der Waals surface area contributed by atoms with Crippen LogP contribution in [0.4, 0.5) is 0 Å². The number of ether oxygens (including phenoxy) is 2. The van der Waals surface area contributed by atoms with Gasteiger partial charge in [0.15, 0.2) is 0 Å². The Bertz CT molecular complexity index is 404. The van der Waals surface area contributed by atoms with Gasteiger partial charge in [-0.25, -0.2) is 0 Å². The first kappa shape index (κ1) is 16.3. The number of hydrogen-bond acceptors (Lipinski definition) is 4. The second-order valence-electron chi connectivity index (χ2n) is 5.52. The molecule has 2 atom stereocenters. The Morgan fingerprint density at radius 2 is 2.10 bits per heavy atom. The van der Waals surface area contributed by atoms with Gasteiger partial charge in [-0.15, -0.1) is 0 Å². The molecular weight excluding hydrogens is 264 g/mol. The largest absolute Gasteiger partial charge is 0.491 e.